The van der Waals surface area contributed by atoms with Crippen LogP contribution in [0.2, 0.25) is 5.02 Å². The molecule has 1 N–H and O–H groups in total. The summed E-state index contributed by atoms with van der Waals surface area (Å²) in [5, 5.41) is 3.51. The second-order valence-corrected chi connectivity index (χ2v) is 10.2. The third kappa shape index (κ3) is 5.71. The molecular formula is C20H28ClN3O4S. The van der Waals surface area contributed by atoms with E-state index in [2.05, 4.69) is 5.32 Å². The molecule has 7 nitrogen and oxygen atoms in total. The largest absolute Gasteiger partial charge is 0.354 e. The third-order valence-corrected chi connectivity index (χ3v) is 7.31. The van der Waals surface area contributed by atoms with E-state index in [1.54, 1.807) is 29.2 Å². The van der Waals surface area contributed by atoms with Gasteiger partial charge in [-0.2, -0.15) is 4.31 Å². The van der Waals surface area contributed by atoms with Crippen molar-refractivity contribution in [1.29, 1.82) is 0 Å². The van der Waals surface area contributed by atoms with E-state index in [9.17, 15) is 18.0 Å². The Morgan fingerprint density at radius 3 is 2.52 bits per heavy atom. The molecule has 0 unspecified atom stereocenters. The Balaban J connectivity index is 1.77. The van der Waals surface area contributed by atoms with Crippen molar-refractivity contribution < 1.29 is 18.0 Å². The van der Waals surface area contributed by atoms with E-state index in [1.165, 1.54) is 10.6 Å². The van der Waals surface area contributed by atoms with E-state index in [-0.39, 0.29) is 36.7 Å². The summed E-state index contributed by atoms with van der Waals surface area (Å²) in [5.41, 5.74) is 0.841. The quantitative estimate of drug-likeness (QED) is 0.772. The third-order valence-electron chi connectivity index (χ3n) is 5.75. The van der Waals surface area contributed by atoms with Crippen LogP contribution in [0.3, 0.4) is 0 Å². The first-order valence-electron chi connectivity index (χ1n) is 10.0. The summed E-state index contributed by atoms with van der Waals surface area (Å²) in [4.78, 5) is 27.2. The molecule has 0 spiro atoms. The standard InChI is InChI=1S/C20H28ClN3O4S/c1-29(27,28)24-13-12-23(19(25)14-15-6-8-16(21)9-7-15)11-10-22-20(26)17-4-2-3-5-18(17)24/h6-9,17-18H,2-5,10-14H2,1H3,(H,22,26)/t17-,18+/m0/s1. The lowest BCUT2D eigenvalue weighted by Crippen LogP contribution is -2.55. The van der Waals surface area contributed by atoms with Gasteiger partial charge < -0.3 is 10.2 Å². The monoisotopic (exact) mass is 441 g/mol. The molecule has 9 heteroatoms. The van der Waals surface area contributed by atoms with Crippen molar-refractivity contribution in [3.05, 3.63) is 34.9 Å². The maximum absolute atomic E-state index is 12.8. The average molecular weight is 442 g/mol. The zero-order chi connectivity index (χ0) is 21.0. The van der Waals surface area contributed by atoms with Crippen LogP contribution in [-0.4, -0.2) is 67.9 Å². The van der Waals surface area contributed by atoms with Gasteiger partial charge in [0.25, 0.3) is 0 Å². The molecule has 1 aliphatic carbocycles. The number of fused-ring (bicyclic) bond motifs is 1. The molecule has 1 saturated heterocycles. The number of amides is 2. The molecule has 29 heavy (non-hydrogen) atoms. The Labute approximate surface area is 177 Å². The highest BCUT2D eigenvalue weighted by Gasteiger charge is 2.39. The highest BCUT2D eigenvalue weighted by molar-refractivity contribution is 7.88. The molecule has 2 aliphatic rings. The van der Waals surface area contributed by atoms with Crippen LogP contribution in [0, 0.1) is 5.92 Å². The minimum absolute atomic E-state index is 0.101. The maximum Gasteiger partial charge on any atom is 0.227 e. The van der Waals surface area contributed by atoms with E-state index in [0.717, 1.165) is 18.4 Å². The molecule has 2 atom stereocenters. The minimum Gasteiger partial charge on any atom is -0.354 e. The zero-order valence-electron chi connectivity index (χ0n) is 16.6. The van der Waals surface area contributed by atoms with Crippen LogP contribution in [0.15, 0.2) is 24.3 Å². The molecule has 0 bridgehead atoms. The summed E-state index contributed by atoms with van der Waals surface area (Å²) in [6.45, 7) is 1.23. The van der Waals surface area contributed by atoms with Crippen molar-refractivity contribution in [2.24, 2.45) is 5.92 Å². The van der Waals surface area contributed by atoms with Gasteiger partial charge in [0.2, 0.25) is 21.8 Å². The van der Waals surface area contributed by atoms with Crippen LogP contribution in [0.25, 0.3) is 0 Å². The van der Waals surface area contributed by atoms with E-state index in [0.29, 0.717) is 37.5 Å². The van der Waals surface area contributed by atoms with Crippen molar-refractivity contribution in [3.63, 3.8) is 0 Å². The van der Waals surface area contributed by atoms with Crippen molar-refractivity contribution in [3.8, 4) is 0 Å². The molecular weight excluding hydrogens is 414 g/mol. The van der Waals surface area contributed by atoms with E-state index in [4.69, 9.17) is 11.6 Å². The second kappa shape index (κ2) is 9.45. The van der Waals surface area contributed by atoms with E-state index in [1.807, 2.05) is 0 Å². The smallest absolute Gasteiger partial charge is 0.227 e. The van der Waals surface area contributed by atoms with Gasteiger partial charge in [0, 0.05) is 37.2 Å². The van der Waals surface area contributed by atoms with Gasteiger partial charge in [-0.3, -0.25) is 9.59 Å². The average Bonchev–Trinajstić information content (AvgIpc) is 2.67. The highest BCUT2D eigenvalue weighted by Crippen LogP contribution is 2.30. The predicted molar refractivity (Wildman–Crippen MR) is 112 cm³/mol. The summed E-state index contributed by atoms with van der Waals surface area (Å²) in [7, 11) is -3.50. The summed E-state index contributed by atoms with van der Waals surface area (Å²) >= 11 is 5.90. The lowest BCUT2D eigenvalue weighted by molar-refractivity contribution is -0.133. The Bertz CT molecular complexity index is 844. The first-order chi connectivity index (χ1) is 13.8. The number of hydrogen-bond donors (Lipinski definition) is 1. The van der Waals surface area contributed by atoms with Gasteiger partial charge in [-0.1, -0.05) is 36.6 Å². The van der Waals surface area contributed by atoms with Crippen LogP contribution in [0.1, 0.15) is 31.2 Å². The summed E-state index contributed by atoms with van der Waals surface area (Å²) in [5.74, 6) is -0.541. The van der Waals surface area contributed by atoms with Gasteiger partial charge in [0.1, 0.15) is 0 Å². The molecule has 2 amide bonds. The zero-order valence-corrected chi connectivity index (χ0v) is 18.2. The lowest BCUT2D eigenvalue weighted by atomic mass is 9.83. The van der Waals surface area contributed by atoms with Crippen LogP contribution < -0.4 is 5.32 Å². The SMILES string of the molecule is CS(=O)(=O)N1CCN(C(=O)Cc2ccc(Cl)cc2)CCNC(=O)[C@H]2CCCC[C@H]21. The van der Waals surface area contributed by atoms with Gasteiger partial charge >= 0.3 is 0 Å². The molecule has 1 aromatic rings. The molecule has 1 aromatic carbocycles. The number of nitrogens with one attached hydrogen (secondary N) is 1. The number of sulfonamides is 1. The Morgan fingerprint density at radius 2 is 1.83 bits per heavy atom. The minimum atomic E-state index is -3.50. The molecule has 0 aromatic heterocycles. The van der Waals surface area contributed by atoms with Crippen molar-refractivity contribution >= 4 is 33.4 Å². The Kier molecular flexibility index (Phi) is 7.19. The summed E-state index contributed by atoms with van der Waals surface area (Å²) in [6, 6.07) is 6.74. The fourth-order valence-electron chi connectivity index (χ4n) is 4.25. The van der Waals surface area contributed by atoms with Crippen LogP contribution in [0.4, 0.5) is 0 Å². The molecule has 3 rings (SSSR count). The number of nitrogens with zero attached hydrogens (tertiary/aromatic N) is 2. The van der Waals surface area contributed by atoms with Crippen molar-refractivity contribution in [2.75, 3.05) is 32.4 Å². The van der Waals surface area contributed by atoms with Crippen LogP contribution >= 0.6 is 11.6 Å². The van der Waals surface area contributed by atoms with Gasteiger partial charge in [-0.15, -0.1) is 0 Å². The van der Waals surface area contributed by atoms with Gasteiger partial charge in [-0.05, 0) is 30.5 Å². The summed E-state index contributed by atoms with van der Waals surface area (Å²) < 4.78 is 26.4. The lowest BCUT2D eigenvalue weighted by Gasteiger charge is -2.39. The number of carbonyl (C=O) groups excluding carboxylic acids is 2. The fraction of sp³-hybridized carbons (Fsp3) is 0.600. The normalized spacial score (nSPS) is 24.5. The maximum atomic E-state index is 12.8. The molecule has 1 saturated carbocycles. The molecule has 0 radical (unpaired) electrons. The van der Waals surface area contributed by atoms with E-state index >= 15 is 0 Å². The number of halogens is 1. The molecule has 2 fully saturated rings. The Morgan fingerprint density at radius 1 is 1.14 bits per heavy atom. The fourth-order valence-corrected chi connectivity index (χ4v) is 5.54. The first kappa shape index (κ1) is 22.1. The topological polar surface area (TPSA) is 86.8 Å². The van der Waals surface area contributed by atoms with E-state index < -0.39 is 10.0 Å². The van der Waals surface area contributed by atoms with Crippen LogP contribution in [-0.2, 0) is 26.0 Å². The van der Waals surface area contributed by atoms with Gasteiger partial charge in [-0.25, -0.2) is 8.42 Å². The van der Waals surface area contributed by atoms with Crippen molar-refractivity contribution in [1.82, 2.24) is 14.5 Å². The number of rotatable bonds is 3. The number of carbonyl (C=O) groups is 2. The van der Waals surface area contributed by atoms with Crippen LogP contribution in [0.5, 0.6) is 0 Å². The van der Waals surface area contributed by atoms with Gasteiger partial charge in [0.15, 0.2) is 0 Å². The highest BCUT2D eigenvalue weighted by atomic mass is 35.5. The Hall–Kier alpha value is -1.64. The molecule has 160 valence electrons. The molecule has 1 heterocycles. The van der Waals surface area contributed by atoms with Gasteiger partial charge in [0.05, 0.1) is 18.6 Å². The number of benzene rings is 1. The summed E-state index contributed by atoms with van der Waals surface area (Å²) in [6.07, 6.45) is 4.58. The predicted octanol–water partition coefficient (Wildman–Crippen LogP) is 1.66. The van der Waals surface area contributed by atoms with Crippen molar-refractivity contribution in [2.45, 2.75) is 38.1 Å². The number of hydrogen-bond acceptors (Lipinski definition) is 4. The first-order valence-corrected chi connectivity index (χ1v) is 12.2. The molecule has 1 aliphatic heterocycles. The second-order valence-electron chi connectivity index (χ2n) is 7.81.